The topological polar surface area (TPSA) is 74.6 Å². The van der Waals surface area contributed by atoms with Gasteiger partial charge in [-0.25, -0.2) is 0 Å². The van der Waals surface area contributed by atoms with E-state index in [1.54, 1.807) is 0 Å². The summed E-state index contributed by atoms with van der Waals surface area (Å²) in [6.45, 7) is 0. The molecule has 96 valence electrons. The zero-order valence-electron chi connectivity index (χ0n) is 8.06. The minimum Gasteiger partial charge on any atom is -0.481 e. The minimum absolute atomic E-state index is 0. The summed E-state index contributed by atoms with van der Waals surface area (Å²) in [4.78, 5) is 21.1. The molecule has 0 unspecified atom stereocenters. The van der Waals surface area contributed by atoms with Gasteiger partial charge in [-0.1, -0.05) is 12.8 Å². The Balaban J connectivity index is 0. The first-order valence-corrected chi connectivity index (χ1v) is 4.48. The van der Waals surface area contributed by atoms with Crippen molar-refractivity contribution in [3.63, 3.8) is 0 Å². The summed E-state index contributed by atoms with van der Waals surface area (Å²) in [6, 6.07) is 0. The van der Waals surface area contributed by atoms with Crippen LogP contribution in [0.2, 0.25) is 0 Å². The van der Waals surface area contributed by atoms with Gasteiger partial charge < -0.3 is 10.2 Å². The molecular weight excluding hydrogens is 388 g/mol. The van der Waals surface area contributed by atoms with Crippen molar-refractivity contribution in [2.24, 2.45) is 5.41 Å². The number of aliphatic carboxylic acids is 2. The normalized spacial score (nSPS) is 17.3. The molecule has 2 N–H and O–H groups in total. The van der Waals surface area contributed by atoms with Crippen molar-refractivity contribution < 1.29 is 64.6 Å². The Hall–Kier alpha value is 0.421. The quantitative estimate of drug-likeness (QED) is 0.700. The molecule has 0 aromatic carbocycles. The molecule has 1 fully saturated rings. The Morgan fingerprint density at radius 3 is 1.53 bits per heavy atom. The molecule has 1 aliphatic rings. The SMILES string of the molecule is O=C(O)CC1(CC(=O)O)CCCC1.[Ag].[Ag]. The molecule has 0 aromatic rings. The Morgan fingerprint density at radius 1 is 0.933 bits per heavy atom. The van der Waals surface area contributed by atoms with Crippen LogP contribution in [-0.2, 0) is 54.3 Å². The van der Waals surface area contributed by atoms with Gasteiger partial charge in [0.1, 0.15) is 0 Å². The number of carboxylic acids is 2. The van der Waals surface area contributed by atoms with E-state index in [0.29, 0.717) is 0 Å². The predicted molar refractivity (Wildman–Crippen MR) is 45.4 cm³/mol. The smallest absolute Gasteiger partial charge is 0.303 e. The Kier molecular flexibility index (Phi) is 9.09. The van der Waals surface area contributed by atoms with Crippen LogP contribution >= 0.6 is 0 Å². The summed E-state index contributed by atoms with van der Waals surface area (Å²) in [5.41, 5.74) is -0.461. The third-order valence-electron chi connectivity index (χ3n) is 2.72. The molecule has 0 bridgehead atoms. The van der Waals surface area contributed by atoms with Crippen molar-refractivity contribution in [2.45, 2.75) is 38.5 Å². The molecule has 0 amide bonds. The van der Waals surface area contributed by atoms with E-state index >= 15 is 0 Å². The van der Waals surface area contributed by atoms with Gasteiger partial charge in [-0.3, -0.25) is 9.59 Å². The molecule has 4 nitrogen and oxygen atoms in total. The number of carbonyl (C=O) groups is 2. The first-order valence-electron chi connectivity index (χ1n) is 4.48. The fraction of sp³-hybridized carbons (Fsp3) is 0.778. The second-order valence-electron chi connectivity index (χ2n) is 3.85. The second kappa shape index (κ2) is 7.65. The molecule has 0 atom stereocenters. The van der Waals surface area contributed by atoms with Gasteiger partial charge in [0.15, 0.2) is 0 Å². The minimum atomic E-state index is -0.886. The third-order valence-corrected chi connectivity index (χ3v) is 2.72. The number of carboxylic acid groups (broad SMARTS) is 2. The van der Waals surface area contributed by atoms with Gasteiger partial charge in [0.05, 0.1) is 12.8 Å². The average molecular weight is 402 g/mol. The molecule has 1 saturated carbocycles. The van der Waals surface area contributed by atoms with E-state index in [-0.39, 0.29) is 57.6 Å². The van der Waals surface area contributed by atoms with Gasteiger partial charge in [-0.2, -0.15) is 0 Å². The van der Waals surface area contributed by atoms with Gasteiger partial charge in [0, 0.05) is 44.8 Å². The van der Waals surface area contributed by atoms with Crippen LogP contribution in [0.25, 0.3) is 0 Å². The summed E-state index contributed by atoms with van der Waals surface area (Å²) in [6.07, 6.45) is 3.40. The first-order chi connectivity index (χ1) is 6.04. The van der Waals surface area contributed by atoms with Crippen LogP contribution < -0.4 is 0 Å². The van der Waals surface area contributed by atoms with Crippen molar-refractivity contribution in [1.29, 1.82) is 0 Å². The van der Waals surface area contributed by atoms with Gasteiger partial charge in [-0.05, 0) is 18.3 Å². The van der Waals surface area contributed by atoms with Crippen LogP contribution in [0.1, 0.15) is 38.5 Å². The molecule has 0 saturated heterocycles. The number of rotatable bonds is 4. The third kappa shape index (κ3) is 5.90. The maximum Gasteiger partial charge on any atom is 0.303 e. The molecule has 0 aliphatic heterocycles. The van der Waals surface area contributed by atoms with Crippen LogP contribution in [0.4, 0.5) is 0 Å². The maximum atomic E-state index is 10.5. The van der Waals surface area contributed by atoms with E-state index in [4.69, 9.17) is 10.2 Å². The van der Waals surface area contributed by atoms with Gasteiger partial charge in [-0.15, -0.1) is 0 Å². The van der Waals surface area contributed by atoms with E-state index in [9.17, 15) is 9.59 Å². The number of hydrogen-bond acceptors (Lipinski definition) is 2. The van der Waals surface area contributed by atoms with E-state index in [1.165, 1.54) is 0 Å². The van der Waals surface area contributed by atoms with Crippen molar-refractivity contribution in [3.8, 4) is 0 Å². The van der Waals surface area contributed by atoms with Crippen molar-refractivity contribution in [2.75, 3.05) is 0 Å². The van der Waals surface area contributed by atoms with Gasteiger partial charge in [0.25, 0.3) is 0 Å². The molecule has 2 radical (unpaired) electrons. The van der Waals surface area contributed by atoms with E-state index in [0.717, 1.165) is 25.7 Å². The molecule has 0 heterocycles. The fourth-order valence-electron chi connectivity index (χ4n) is 2.18. The summed E-state index contributed by atoms with van der Waals surface area (Å²) in [5, 5.41) is 17.3. The van der Waals surface area contributed by atoms with Crippen molar-refractivity contribution >= 4 is 11.9 Å². The van der Waals surface area contributed by atoms with Crippen molar-refractivity contribution in [3.05, 3.63) is 0 Å². The van der Waals surface area contributed by atoms with Crippen molar-refractivity contribution in [1.82, 2.24) is 0 Å². The second-order valence-corrected chi connectivity index (χ2v) is 3.85. The van der Waals surface area contributed by atoms with E-state index in [1.807, 2.05) is 0 Å². The molecule has 15 heavy (non-hydrogen) atoms. The summed E-state index contributed by atoms with van der Waals surface area (Å²) in [5.74, 6) is -1.77. The van der Waals surface area contributed by atoms with Gasteiger partial charge >= 0.3 is 11.9 Å². The molecular formula is C9H14Ag2O4. The predicted octanol–water partition coefficient (Wildman–Crippen LogP) is 1.49. The standard InChI is InChI=1S/C9H14O4.2Ag/c10-7(11)5-9(6-8(12)13)3-1-2-4-9;;/h1-6H2,(H,10,11)(H,12,13);;. The fourth-order valence-corrected chi connectivity index (χ4v) is 2.18. The first kappa shape index (κ1) is 17.8. The molecule has 1 rings (SSSR count). The summed E-state index contributed by atoms with van der Waals surface area (Å²) >= 11 is 0. The molecule has 0 spiro atoms. The van der Waals surface area contributed by atoms with Crippen LogP contribution in [0.3, 0.4) is 0 Å². The summed E-state index contributed by atoms with van der Waals surface area (Å²) in [7, 11) is 0. The Morgan fingerprint density at radius 2 is 1.27 bits per heavy atom. The molecule has 1 aliphatic carbocycles. The zero-order chi connectivity index (χ0) is 9.90. The van der Waals surface area contributed by atoms with Crippen LogP contribution in [0.15, 0.2) is 0 Å². The van der Waals surface area contributed by atoms with Crippen LogP contribution in [0.5, 0.6) is 0 Å². The van der Waals surface area contributed by atoms with Crippen LogP contribution in [0, 0.1) is 5.41 Å². The number of hydrogen-bond donors (Lipinski definition) is 2. The van der Waals surface area contributed by atoms with E-state index < -0.39 is 17.4 Å². The zero-order valence-corrected chi connectivity index (χ0v) is 11.0. The Labute approximate surface area is 120 Å². The molecule has 0 aromatic heterocycles. The average Bonchev–Trinajstić information content (AvgIpc) is 2.33. The Bertz CT molecular complexity index is 206. The largest absolute Gasteiger partial charge is 0.481 e. The van der Waals surface area contributed by atoms with Gasteiger partial charge in [0.2, 0.25) is 0 Å². The summed E-state index contributed by atoms with van der Waals surface area (Å²) < 4.78 is 0. The van der Waals surface area contributed by atoms with E-state index in [2.05, 4.69) is 0 Å². The molecule has 6 heteroatoms. The monoisotopic (exact) mass is 400 g/mol. The maximum absolute atomic E-state index is 10.5. The van der Waals surface area contributed by atoms with Crippen LogP contribution in [-0.4, -0.2) is 22.2 Å².